The van der Waals surface area contributed by atoms with Gasteiger partial charge < -0.3 is 9.13 Å². The number of thioether (sulfide) groups is 1. The van der Waals surface area contributed by atoms with Crippen LogP contribution in [-0.2, 0) is 32.2 Å². The van der Waals surface area contributed by atoms with Gasteiger partial charge in [-0.1, -0.05) is 42.1 Å². The highest BCUT2D eigenvalue weighted by Gasteiger charge is 2.11. The molecular weight excluding hydrogens is 420 g/mol. The Morgan fingerprint density at radius 3 is 2.47 bits per heavy atom. The highest BCUT2D eigenvalue weighted by Crippen LogP contribution is 2.21. The molecule has 0 amide bonds. The number of rotatable bonds is 8. The predicted octanol–water partition coefficient (Wildman–Crippen LogP) is 3.46. The van der Waals surface area contributed by atoms with Gasteiger partial charge in [-0.2, -0.15) is 4.98 Å². The molecule has 4 aromatic rings. The highest BCUT2D eigenvalue weighted by molar-refractivity contribution is 7.98. The molecule has 0 radical (unpaired) electrons. The van der Waals surface area contributed by atoms with Gasteiger partial charge in [-0.25, -0.2) is 0 Å². The second-order valence-corrected chi connectivity index (χ2v) is 8.53. The van der Waals surface area contributed by atoms with Gasteiger partial charge in [0.05, 0.1) is 0 Å². The number of hydrogen-bond acceptors (Lipinski definition) is 5. The summed E-state index contributed by atoms with van der Waals surface area (Å²) in [5.74, 6) is 0.733. The van der Waals surface area contributed by atoms with E-state index in [0.717, 1.165) is 17.7 Å². The summed E-state index contributed by atoms with van der Waals surface area (Å²) in [6.45, 7) is 0.692. The highest BCUT2D eigenvalue weighted by atomic mass is 32.2. The molecular formula is C25H24N4O2S. The maximum Gasteiger partial charge on any atom is 0.277 e. The van der Waals surface area contributed by atoms with Crippen LogP contribution in [0.1, 0.15) is 22.3 Å². The van der Waals surface area contributed by atoms with Crippen molar-refractivity contribution in [1.82, 2.24) is 19.1 Å². The molecule has 0 saturated heterocycles. The Morgan fingerprint density at radius 2 is 1.72 bits per heavy atom. The Labute approximate surface area is 190 Å². The van der Waals surface area contributed by atoms with Crippen LogP contribution in [0.5, 0.6) is 0 Å². The third-order valence-electron chi connectivity index (χ3n) is 5.19. The van der Waals surface area contributed by atoms with E-state index in [9.17, 15) is 9.59 Å². The van der Waals surface area contributed by atoms with Gasteiger partial charge in [0.15, 0.2) is 5.16 Å². The predicted molar refractivity (Wildman–Crippen MR) is 127 cm³/mol. The first kappa shape index (κ1) is 21.8. The zero-order chi connectivity index (χ0) is 22.3. The quantitative estimate of drug-likeness (QED) is 0.307. The van der Waals surface area contributed by atoms with Gasteiger partial charge in [0.25, 0.3) is 11.1 Å². The molecule has 162 valence electrons. The summed E-state index contributed by atoms with van der Waals surface area (Å²) in [7, 11) is 1.71. The zero-order valence-electron chi connectivity index (χ0n) is 17.8. The summed E-state index contributed by atoms with van der Waals surface area (Å²) in [4.78, 5) is 33.3. The van der Waals surface area contributed by atoms with Crippen LogP contribution in [0.15, 0.2) is 94.1 Å². The molecule has 0 aliphatic rings. The minimum Gasteiger partial charge on any atom is -0.327 e. The van der Waals surface area contributed by atoms with Gasteiger partial charge >= 0.3 is 0 Å². The molecule has 3 aromatic heterocycles. The second kappa shape index (κ2) is 10.2. The minimum atomic E-state index is -0.249. The topological polar surface area (TPSA) is 69.8 Å². The average Bonchev–Trinajstić information content (AvgIpc) is 2.82. The van der Waals surface area contributed by atoms with Crippen LogP contribution in [0.3, 0.4) is 0 Å². The van der Waals surface area contributed by atoms with E-state index in [1.165, 1.54) is 15.7 Å². The van der Waals surface area contributed by atoms with Gasteiger partial charge in [-0.15, -0.1) is 0 Å². The van der Waals surface area contributed by atoms with E-state index in [2.05, 4.69) is 22.1 Å². The summed E-state index contributed by atoms with van der Waals surface area (Å²) in [6, 6.07) is 17.6. The lowest BCUT2D eigenvalue weighted by Gasteiger charge is -2.14. The van der Waals surface area contributed by atoms with Gasteiger partial charge in [0.1, 0.15) is 0 Å². The minimum absolute atomic E-state index is 0.0940. The molecule has 0 spiro atoms. The van der Waals surface area contributed by atoms with Crippen LogP contribution in [-0.4, -0.2) is 19.1 Å². The van der Waals surface area contributed by atoms with Crippen LogP contribution in [0.25, 0.3) is 0 Å². The number of hydrogen-bond donors (Lipinski definition) is 0. The van der Waals surface area contributed by atoms with Crippen molar-refractivity contribution in [1.29, 1.82) is 0 Å². The van der Waals surface area contributed by atoms with E-state index in [1.807, 2.05) is 47.2 Å². The smallest absolute Gasteiger partial charge is 0.277 e. The summed E-state index contributed by atoms with van der Waals surface area (Å²) < 4.78 is 3.56. The average molecular weight is 445 g/mol. The van der Waals surface area contributed by atoms with Gasteiger partial charge in [0.2, 0.25) is 0 Å². The molecule has 0 unspecified atom stereocenters. The Bertz CT molecular complexity index is 1300. The van der Waals surface area contributed by atoms with E-state index >= 15 is 0 Å². The number of aromatic nitrogens is 4. The molecule has 4 rings (SSSR count). The number of benzene rings is 1. The Morgan fingerprint density at radius 1 is 0.938 bits per heavy atom. The van der Waals surface area contributed by atoms with Crippen LogP contribution in [0.4, 0.5) is 0 Å². The molecule has 0 aliphatic heterocycles. The fourth-order valence-electron chi connectivity index (χ4n) is 3.36. The molecule has 32 heavy (non-hydrogen) atoms. The maximum absolute atomic E-state index is 12.8. The van der Waals surface area contributed by atoms with Crippen molar-refractivity contribution in [3.63, 3.8) is 0 Å². The number of aryl methyl sites for hydroxylation is 3. The molecule has 0 N–H and O–H groups in total. The van der Waals surface area contributed by atoms with Crippen molar-refractivity contribution >= 4 is 11.8 Å². The second-order valence-electron chi connectivity index (χ2n) is 7.59. The van der Waals surface area contributed by atoms with Gasteiger partial charge in [0, 0.05) is 62.2 Å². The van der Waals surface area contributed by atoms with Crippen molar-refractivity contribution in [2.45, 2.75) is 30.3 Å². The number of pyridine rings is 2. The standard InChI is InChI=1S/C25H24N4O2S/c1-28-13-9-21(16-23(28)30)15-22-17-29(14-10-19-7-11-26-12-8-19)25(27-24(22)31)32-18-20-5-3-2-4-6-20/h2-9,11-13,16-17H,10,14-15,18H2,1H3. The summed E-state index contributed by atoms with van der Waals surface area (Å²) in [5.41, 5.74) is 3.39. The van der Waals surface area contributed by atoms with E-state index in [0.29, 0.717) is 23.7 Å². The van der Waals surface area contributed by atoms with Crippen molar-refractivity contribution in [3.8, 4) is 0 Å². The molecule has 3 heterocycles. The molecule has 1 aromatic carbocycles. The molecule has 0 saturated carbocycles. The molecule has 0 bridgehead atoms. The fourth-order valence-corrected chi connectivity index (χ4v) is 4.30. The van der Waals surface area contributed by atoms with Gasteiger partial charge in [-0.3, -0.25) is 14.6 Å². The molecule has 7 heteroatoms. The van der Waals surface area contributed by atoms with E-state index in [1.54, 1.807) is 43.5 Å². The van der Waals surface area contributed by atoms with Crippen LogP contribution < -0.4 is 11.1 Å². The first-order chi connectivity index (χ1) is 15.6. The normalized spacial score (nSPS) is 10.9. The van der Waals surface area contributed by atoms with Crippen molar-refractivity contribution in [2.24, 2.45) is 7.05 Å². The Hall–Kier alpha value is -3.45. The molecule has 0 atom stereocenters. The van der Waals surface area contributed by atoms with Crippen molar-refractivity contribution in [3.05, 3.63) is 122 Å². The zero-order valence-corrected chi connectivity index (χ0v) is 18.7. The van der Waals surface area contributed by atoms with Gasteiger partial charge in [-0.05, 0) is 41.3 Å². The number of nitrogens with zero attached hydrogens (tertiary/aromatic N) is 4. The van der Waals surface area contributed by atoms with E-state index < -0.39 is 0 Å². The monoisotopic (exact) mass is 444 g/mol. The van der Waals surface area contributed by atoms with Crippen LogP contribution in [0, 0.1) is 0 Å². The lowest BCUT2D eigenvalue weighted by Crippen LogP contribution is -2.21. The van der Waals surface area contributed by atoms with E-state index in [-0.39, 0.29) is 11.1 Å². The third-order valence-corrected chi connectivity index (χ3v) is 6.26. The first-order valence-corrected chi connectivity index (χ1v) is 11.4. The maximum atomic E-state index is 12.8. The molecule has 0 fully saturated rings. The van der Waals surface area contributed by atoms with Crippen molar-refractivity contribution < 1.29 is 0 Å². The SMILES string of the molecule is Cn1ccc(Cc2cn(CCc3ccncc3)c(SCc3ccccc3)nc2=O)cc1=O. The third kappa shape index (κ3) is 5.62. The fraction of sp³-hybridized carbons (Fsp3) is 0.200. The first-order valence-electron chi connectivity index (χ1n) is 10.4. The van der Waals surface area contributed by atoms with Crippen LogP contribution >= 0.6 is 11.8 Å². The van der Waals surface area contributed by atoms with Crippen molar-refractivity contribution in [2.75, 3.05) is 0 Å². The summed E-state index contributed by atoms with van der Waals surface area (Å²) in [5, 5.41) is 0.695. The van der Waals surface area contributed by atoms with E-state index in [4.69, 9.17) is 0 Å². The van der Waals surface area contributed by atoms with Crippen LogP contribution in [0.2, 0.25) is 0 Å². The Kier molecular flexibility index (Phi) is 6.97. The lowest BCUT2D eigenvalue weighted by molar-refractivity contribution is 0.595. The summed E-state index contributed by atoms with van der Waals surface area (Å²) in [6.07, 6.45) is 8.35. The molecule has 6 nitrogen and oxygen atoms in total. The lowest BCUT2D eigenvalue weighted by atomic mass is 10.1. The summed E-state index contributed by atoms with van der Waals surface area (Å²) >= 11 is 1.56. The molecule has 0 aliphatic carbocycles. The Balaban J connectivity index is 1.61. The largest absolute Gasteiger partial charge is 0.327 e.